The molecule has 1 heterocycles. The zero-order valence-corrected chi connectivity index (χ0v) is 10.2. The number of benzene rings is 1. The summed E-state index contributed by atoms with van der Waals surface area (Å²) in [7, 11) is 1.33. The van der Waals surface area contributed by atoms with Crippen LogP contribution in [0.5, 0.6) is 0 Å². The maximum atomic E-state index is 11.1. The van der Waals surface area contributed by atoms with Crippen molar-refractivity contribution in [3.8, 4) is 0 Å². The van der Waals surface area contributed by atoms with Crippen LogP contribution in [0.2, 0.25) is 0 Å². The molecule has 0 bridgehead atoms. The summed E-state index contributed by atoms with van der Waals surface area (Å²) in [5.74, 6) is 0.0283. The van der Waals surface area contributed by atoms with Gasteiger partial charge in [-0.3, -0.25) is 4.79 Å². The van der Waals surface area contributed by atoms with Gasteiger partial charge in [0.2, 0.25) is 0 Å². The number of hydrogen-bond acceptors (Lipinski definition) is 5. The average molecular weight is 251 g/mol. The Morgan fingerprint density at radius 2 is 2.35 bits per heavy atom. The molecule has 5 nitrogen and oxygen atoms in total. The van der Waals surface area contributed by atoms with Crippen LogP contribution in [0.4, 0.5) is 0 Å². The van der Waals surface area contributed by atoms with E-state index in [4.69, 9.17) is 5.73 Å². The predicted molar refractivity (Wildman–Crippen MR) is 66.8 cm³/mol. The topological polar surface area (TPSA) is 81.0 Å². The molecule has 0 aliphatic heterocycles. The molecule has 6 heteroatoms. The fourth-order valence-corrected chi connectivity index (χ4v) is 2.20. The van der Waals surface area contributed by atoms with E-state index in [-0.39, 0.29) is 0 Å². The van der Waals surface area contributed by atoms with Crippen molar-refractivity contribution < 1.29 is 9.53 Å². The third kappa shape index (κ3) is 2.78. The third-order valence-electron chi connectivity index (χ3n) is 2.27. The van der Waals surface area contributed by atoms with Gasteiger partial charge in [0.25, 0.3) is 0 Å². The first-order valence-electron chi connectivity index (χ1n) is 5.11. The number of rotatable bonds is 4. The van der Waals surface area contributed by atoms with Crippen molar-refractivity contribution in [3.63, 3.8) is 0 Å². The van der Waals surface area contributed by atoms with Crippen molar-refractivity contribution in [2.75, 3.05) is 12.9 Å². The van der Waals surface area contributed by atoms with Crippen LogP contribution in [-0.2, 0) is 9.53 Å². The molecule has 90 valence electrons. The molecule has 3 N–H and O–H groups in total. The maximum absolute atomic E-state index is 11.1. The van der Waals surface area contributed by atoms with E-state index in [0.29, 0.717) is 5.75 Å². The summed E-state index contributed by atoms with van der Waals surface area (Å²) in [6, 6.07) is 7.12. The second-order valence-corrected chi connectivity index (χ2v) is 4.51. The number of imidazole rings is 1. The van der Waals surface area contributed by atoms with Crippen molar-refractivity contribution >= 4 is 28.8 Å². The number of ether oxygens (including phenoxy) is 1. The first kappa shape index (κ1) is 11.9. The summed E-state index contributed by atoms with van der Waals surface area (Å²) in [5.41, 5.74) is 7.51. The molecule has 1 aromatic heterocycles. The molecule has 0 saturated heterocycles. The number of H-pyrrole nitrogens is 1. The lowest BCUT2D eigenvalue weighted by atomic mass is 10.3. The lowest BCUT2D eigenvalue weighted by molar-refractivity contribution is -0.141. The first-order chi connectivity index (χ1) is 8.20. The Morgan fingerprint density at radius 1 is 1.59 bits per heavy atom. The van der Waals surface area contributed by atoms with Crippen LogP contribution in [0.3, 0.4) is 0 Å². The quantitative estimate of drug-likeness (QED) is 0.629. The summed E-state index contributed by atoms with van der Waals surface area (Å²) < 4.78 is 4.55. The SMILES string of the molecule is COC(=O)[C@H](N)CSc1nc2ccccc2[nH]1. The van der Waals surface area contributed by atoms with Gasteiger partial charge in [-0.25, -0.2) is 4.98 Å². The Balaban J connectivity index is 2.01. The Bertz CT molecular complexity index is 493. The monoisotopic (exact) mass is 251 g/mol. The van der Waals surface area contributed by atoms with E-state index in [1.54, 1.807) is 0 Å². The number of carbonyl (C=O) groups excluding carboxylic acids is 1. The van der Waals surface area contributed by atoms with Gasteiger partial charge >= 0.3 is 5.97 Å². The molecule has 17 heavy (non-hydrogen) atoms. The van der Waals surface area contributed by atoms with Gasteiger partial charge in [-0.05, 0) is 12.1 Å². The minimum absolute atomic E-state index is 0.409. The molecule has 1 aromatic carbocycles. The lowest BCUT2D eigenvalue weighted by Crippen LogP contribution is -2.33. The molecule has 1 atom stereocenters. The Hall–Kier alpha value is -1.53. The molecule has 0 radical (unpaired) electrons. The molecule has 0 spiro atoms. The number of nitrogens with one attached hydrogen (secondary N) is 1. The highest BCUT2D eigenvalue weighted by atomic mass is 32.2. The second kappa shape index (κ2) is 5.20. The van der Waals surface area contributed by atoms with Crippen molar-refractivity contribution in [2.45, 2.75) is 11.2 Å². The highest BCUT2D eigenvalue weighted by Gasteiger charge is 2.14. The van der Waals surface area contributed by atoms with Gasteiger partial charge < -0.3 is 15.5 Å². The molecule has 0 saturated carbocycles. The van der Waals surface area contributed by atoms with Gasteiger partial charge in [-0.1, -0.05) is 23.9 Å². The largest absolute Gasteiger partial charge is 0.468 e. The summed E-state index contributed by atoms with van der Waals surface area (Å²) in [5, 5.41) is 0.755. The number of aromatic amines is 1. The van der Waals surface area contributed by atoms with Crippen molar-refractivity contribution in [3.05, 3.63) is 24.3 Å². The zero-order chi connectivity index (χ0) is 12.3. The minimum atomic E-state index is -0.627. The van der Waals surface area contributed by atoms with Crippen molar-refractivity contribution in [1.29, 1.82) is 0 Å². The van der Waals surface area contributed by atoms with Gasteiger partial charge in [-0.2, -0.15) is 0 Å². The van der Waals surface area contributed by atoms with Crippen LogP contribution in [0, 0.1) is 0 Å². The predicted octanol–water partition coefficient (Wildman–Crippen LogP) is 1.16. The van der Waals surface area contributed by atoms with E-state index in [0.717, 1.165) is 16.2 Å². The van der Waals surface area contributed by atoms with E-state index in [1.807, 2.05) is 24.3 Å². The number of para-hydroxylation sites is 2. The number of nitrogens with two attached hydrogens (primary N) is 1. The molecule has 0 aliphatic rings. The molecule has 2 aromatic rings. The molecule has 0 aliphatic carbocycles. The molecule has 0 amide bonds. The van der Waals surface area contributed by atoms with Gasteiger partial charge in [0.1, 0.15) is 6.04 Å². The van der Waals surface area contributed by atoms with Gasteiger partial charge in [0.05, 0.1) is 18.1 Å². The number of aromatic nitrogens is 2. The van der Waals surface area contributed by atoms with Gasteiger partial charge in [0, 0.05) is 5.75 Å². The van der Waals surface area contributed by atoms with Crippen LogP contribution >= 0.6 is 11.8 Å². The number of nitrogens with zero attached hydrogens (tertiary/aromatic N) is 1. The van der Waals surface area contributed by atoms with E-state index in [9.17, 15) is 4.79 Å². The highest BCUT2D eigenvalue weighted by Crippen LogP contribution is 2.19. The van der Waals surface area contributed by atoms with Gasteiger partial charge in [-0.15, -0.1) is 0 Å². The Labute approximate surface area is 103 Å². The smallest absolute Gasteiger partial charge is 0.323 e. The van der Waals surface area contributed by atoms with Crippen molar-refractivity contribution in [1.82, 2.24) is 9.97 Å². The lowest BCUT2D eigenvalue weighted by Gasteiger charge is -2.06. The van der Waals surface area contributed by atoms with Crippen LogP contribution in [0.25, 0.3) is 11.0 Å². The maximum Gasteiger partial charge on any atom is 0.323 e. The van der Waals surface area contributed by atoms with Crippen LogP contribution in [0.15, 0.2) is 29.4 Å². The summed E-state index contributed by atoms with van der Waals surface area (Å²) in [4.78, 5) is 18.6. The van der Waals surface area contributed by atoms with Crippen LogP contribution < -0.4 is 5.73 Å². The molecular weight excluding hydrogens is 238 g/mol. The van der Waals surface area contributed by atoms with Crippen LogP contribution in [-0.4, -0.2) is 34.8 Å². The fraction of sp³-hybridized carbons (Fsp3) is 0.273. The molecule has 0 fully saturated rings. The summed E-state index contributed by atoms with van der Waals surface area (Å²) >= 11 is 1.41. The first-order valence-corrected chi connectivity index (χ1v) is 6.10. The number of esters is 1. The van der Waals surface area contributed by atoms with Crippen molar-refractivity contribution in [2.24, 2.45) is 5.73 Å². The van der Waals surface area contributed by atoms with E-state index < -0.39 is 12.0 Å². The number of hydrogen-bond donors (Lipinski definition) is 2. The molecular formula is C11H13N3O2S. The Kier molecular flexibility index (Phi) is 3.65. The Morgan fingerprint density at radius 3 is 3.06 bits per heavy atom. The zero-order valence-electron chi connectivity index (χ0n) is 9.34. The molecule has 2 rings (SSSR count). The number of carbonyl (C=O) groups is 1. The minimum Gasteiger partial charge on any atom is -0.468 e. The number of thioether (sulfide) groups is 1. The van der Waals surface area contributed by atoms with Gasteiger partial charge in [0.15, 0.2) is 5.16 Å². The number of fused-ring (bicyclic) bond motifs is 1. The fourth-order valence-electron chi connectivity index (χ4n) is 1.39. The highest BCUT2D eigenvalue weighted by molar-refractivity contribution is 7.99. The molecule has 0 unspecified atom stereocenters. The average Bonchev–Trinajstić information content (AvgIpc) is 2.77. The van der Waals surface area contributed by atoms with E-state index >= 15 is 0 Å². The van der Waals surface area contributed by atoms with E-state index in [2.05, 4.69) is 14.7 Å². The normalized spacial score (nSPS) is 12.6. The number of methoxy groups -OCH3 is 1. The standard InChI is InChI=1S/C11H13N3O2S/c1-16-10(15)7(12)6-17-11-13-8-4-2-3-5-9(8)14-11/h2-5,7H,6,12H2,1H3,(H,13,14)/t7-/m1/s1. The van der Waals surface area contributed by atoms with Crippen LogP contribution in [0.1, 0.15) is 0 Å². The summed E-state index contributed by atoms with van der Waals surface area (Å²) in [6.45, 7) is 0. The summed E-state index contributed by atoms with van der Waals surface area (Å²) in [6.07, 6.45) is 0. The second-order valence-electron chi connectivity index (χ2n) is 3.50. The third-order valence-corrected chi connectivity index (χ3v) is 3.26. The van der Waals surface area contributed by atoms with E-state index in [1.165, 1.54) is 18.9 Å².